The zero-order chi connectivity index (χ0) is 31.5. The van der Waals surface area contributed by atoms with Gasteiger partial charge in [0.15, 0.2) is 5.82 Å². The van der Waals surface area contributed by atoms with Crippen LogP contribution in [0.5, 0.6) is 0 Å². The van der Waals surface area contributed by atoms with Crippen LogP contribution in [-0.2, 0) is 5.41 Å². The van der Waals surface area contributed by atoms with Gasteiger partial charge in [0.05, 0.1) is 17.1 Å². The molecule has 6 aromatic carbocycles. The summed E-state index contributed by atoms with van der Waals surface area (Å²) in [7, 11) is 0. The largest absolute Gasteiger partial charge is 0.255 e. The minimum absolute atomic E-state index is 0.100. The van der Waals surface area contributed by atoms with Gasteiger partial charge in [0.2, 0.25) is 0 Å². The van der Waals surface area contributed by atoms with Crippen LogP contribution in [0.25, 0.3) is 77.8 Å². The molecule has 47 heavy (non-hydrogen) atoms. The molecule has 3 heteroatoms. The van der Waals surface area contributed by atoms with Crippen LogP contribution >= 0.6 is 0 Å². The number of benzene rings is 6. The fourth-order valence-electron chi connectivity index (χ4n) is 7.40. The molecule has 0 unspecified atom stereocenters. The lowest BCUT2D eigenvalue weighted by molar-refractivity contribution is 0.661. The van der Waals surface area contributed by atoms with Crippen LogP contribution in [0.4, 0.5) is 0 Å². The predicted molar refractivity (Wildman–Crippen MR) is 194 cm³/mol. The van der Waals surface area contributed by atoms with Crippen molar-refractivity contribution in [2.45, 2.75) is 19.3 Å². The summed E-state index contributed by atoms with van der Waals surface area (Å²) in [5, 5.41) is 4.91. The second-order valence-electron chi connectivity index (χ2n) is 12.8. The molecule has 3 nitrogen and oxygen atoms in total. The smallest absolute Gasteiger partial charge is 0.160 e. The van der Waals surface area contributed by atoms with Gasteiger partial charge in [-0.05, 0) is 85.3 Å². The molecule has 8 aromatic rings. The SMILES string of the molecule is CC1(C)c2cc3ccccc3cc2-c2c(-c3ccc(-c4cc(-c5ccccn5)nc(-c5ccccc5)n4)c4ccccc34)cccc21. The third-order valence-corrected chi connectivity index (χ3v) is 9.74. The van der Waals surface area contributed by atoms with Gasteiger partial charge in [0, 0.05) is 22.7 Å². The zero-order valence-corrected chi connectivity index (χ0v) is 26.3. The number of hydrogen-bond donors (Lipinski definition) is 0. The molecule has 0 radical (unpaired) electrons. The molecule has 0 amide bonds. The molecule has 222 valence electrons. The lowest BCUT2D eigenvalue weighted by Gasteiger charge is -2.22. The summed E-state index contributed by atoms with van der Waals surface area (Å²) in [5.41, 5.74) is 12.3. The van der Waals surface area contributed by atoms with E-state index in [-0.39, 0.29) is 5.41 Å². The van der Waals surface area contributed by atoms with Crippen molar-refractivity contribution in [3.8, 4) is 56.3 Å². The van der Waals surface area contributed by atoms with Crippen molar-refractivity contribution in [3.63, 3.8) is 0 Å². The summed E-state index contributed by atoms with van der Waals surface area (Å²) in [5.74, 6) is 0.684. The Balaban J connectivity index is 1.27. The van der Waals surface area contributed by atoms with Gasteiger partial charge < -0.3 is 0 Å². The first-order valence-electron chi connectivity index (χ1n) is 16.1. The Morgan fingerprint density at radius 1 is 0.447 bits per heavy atom. The fraction of sp³-hybridized carbons (Fsp3) is 0.0682. The van der Waals surface area contributed by atoms with E-state index in [9.17, 15) is 0 Å². The Morgan fingerprint density at radius 2 is 1.13 bits per heavy atom. The molecular weight excluding hydrogens is 571 g/mol. The van der Waals surface area contributed by atoms with Crippen molar-refractivity contribution in [1.82, 2.24) is 15.0 Å². The van der Waals surface area contributed by atoms with E-state index in [2.05, 4.69) is 128 Å². The van der Waals surface area contributed by atoms with E-state index in [0.717, 1.165) is 33.6 Å². The molecule has 0 fully saturated rings. The van der Waals surface area contributed by atoms with Crippen LogP contribution < -0.4 is 0 Å². The number of pyridine rings is 1. The quantitative estimate of drug-likeness (QED) is 0.201. The molecule has 9 rings (SSSR count). The first-order chi connectivity index (χ1) is 23.1. The van der Waals surface area contributed by atoms with Gasteiger partial charge in [-0.1, -0.05) is 129 Å². The molecule has 0 saturated heterocycles. The van der Waals surface area contributed by atoms with Crippen molar-refractivity contribution in [3.05, 3.63) is 163 Å². The number of fused-ring (bicyclic) bond motifs is 5. The van der Waals surface area contributed by atoms with Crippen molar-refractivity contribution >= 4 is 21.5 Å². The number of aromatic nitrogens is 3. The third kappa shape index (κ3) is 4.39. The van der Waals surface area contributed by atoms with Crippen LogP contribution in [0, 0.1) is 0 Å². The predicted octanol–water partition coefficient (Wildman–Crippen LogP) is 11.2. The van der Waals surface area contributed by atoms with E-state index in [1.54, 1.807) is 0 Å². The summed E-state index contributed by atoms with van der Waals surface area (Å²) < 4.78 is 0. The maximum atomic E-state index is 5.15. The highest BCUT2D eigenvalue weighted by molar-refractivity contribution is 6.08. The zero-order valence-electron chi connectivity index (χ0n) is 26.3. The summed E-state index contributed by atoms with van der Waals surface area (Å²) in [4.78, 5) is 14.7. The van der Waals surface area contributed by atoms with E-state index in [1.807, 2.05) is 42.6 Å². The molecule has 0 spiro atoms. The Labute approximate surface area is 274 Å². The fourth-order valence-corrected chi connectivity index (χ4v) is 7.40. The number of nitrogens with zero attached hydrogens (tertiary/aromatic N) is 3. The van der Waals surface area contributed by atoms with Crippen molar-refractivity contribution < 1.29 is 0 Å². The molecule has 0 saturated carbocycles. The second-order valence-corrected chi connectivity index (χ2v) is 12.8. The molecule has 0 atom stereocenters. The average Bonchev–Trinajstić information content (AvgIpc) is 3.36. The van der Waals surface area contributed by atoms with E-state index in [1.165, 1.54) is 49.5 Å². The lowest BCUT2D eigenvalue weighted by atomic mass is 9.81. The minimum Gasteiger partial charge on any atom is -0.255 e. The van der Waals surface area contributed by atoms with Gasteiger partial charge in [-0.25, -0.2) is 9.97 Å². The number of rotatable bonds is 4. The van der Waals surface area contributed by atoms with Crippen LogP contribution in [0.1, 0.15) is 25.0 Å². The Hall–Kier alpha value is -5.93. The monoisotopic (exact) mass is 601 g/mol. The third-order valence-electron chi connectivity index (χ3n) is 9.74. The van der Waals surface area contributed by atoms with Crippen LogP contribution in [0.3, 0.4) is 0 Å². The first kappa shape index (κ1) is 27.4. The van der Waals surface area contributed by atoms with Gasteiger partial charge in [-0.3, -0.25) is 4.98 Å². The van der Waals surface area contributed by atoms with Crippen molar-refractivity contribution in [2.24, 2.45) is 0 Å². The maximum absolute atomic E-state index is 5.15. The van der Waals surface area contributed by atoms with Crippen LogP contribution in [-0.4, -0.2) is 15.0 Å². The lowest BCUT2D eigenvalue weighted by Crippen LogP contribution is -2.14. The summed E-state index contributed by atoms with van der Waals surface area (Å²) >= 11 is 0. The molecule has 0 aliphatic heterocycles. The van der Waals surface area contributed by atoms with Gasteiger partial charge in [-0.15, -0.1) is 0 Å². The topological polar surface area (TPSA) is 38.7 Å². The van der Waals surface area contributed by atoms with Gasteiger partial charge in [0.25, 0.3) is 0 Å². The summed E-state index contributed by atoms with van der Waals surface area (Å²) in [6.07, 6.45) is 1.81. The molecule has 0 N–H and O–H groups in total. The Bertz CT molecular complexity index is 2420. The highest BCUT2D eigenvalue weighted by Gasteiger charge is 2.37. The second kappa shape index (κ2) is 10.6. The van der Waals surface area contributed by atoms with E-state index < -0.39 is 0 Å². The maximum Gasteiger partial charge on any atom is 0.160 e. The molecule has 2 aromatic heterocycles. The van der Waals surface area contributed by atoms with Crippen molar-refractivity contribution in [2.75, 3.05) is 0 Å². The highest BCUT2D eigenvalue weighted by Crippen LogP contribution is 2.54. The number of hydrogen-bond acceptors (Lipinski definition) is 3. The molecule has 1 aliphatic rings. The van der Waals surface area contributed by atoms with Gasteiger partial charge >= 0.3 is 0 Å². The minimum atomic E-state index is -0.100. The Kier molecular flexibility index (Phi) is 6.16. The van der Waals surface area contributed by atoms with E-state index >= 15 is 0 Å². The normalized spacial score (nSPS) is 13.1. The van der Waals surface area contributed by atoms with E-state index in [0.29, 0.717) is 5.82 Å². The summed E-state index contributed by atoms with van der Waals surface area (Å²) in [6.45, 7) is 4.71. The molecule has 0 bridgehead atoms. The van der Waals surface area contributed by atoms with Crippen molar-refractivity contribution in [1.29, 1.82) is 0 Å². The van der Waals surface area contributed by atoms with Crippen LogP contribution in [0.2, 0.25) is 0 Å². The van der Waals surface area contributed by atoms with Gasteiger partial charge in [0.1, 0.15) is 0 Å². The standard InChI is InChI=1S/C44H31N3/c1-44(2)37-20-12-19-35(42(37)36-25-29-15-6-7-16-30(29)26-38(36)44)33-22-23-34(32-18-9-8-17-31(32)33)40-27-41(39-21-10-11-24-45-39)47-43(46-40)28-13-4-3-5-14-28/h3-27H,1-2H3. The highest BCUT2D eigenvalue weighted by atomic mass is 14.9. The molecule has 1 aliphatic carbocycles. The first-order valence-corrected chi connectivity index (χ1v) is 16.1. The average molecular weight is 602 g/mol. The van der Waals surface area contributed by atoms with Crippen LogP contribution in [0.15, 0.2) is 152 Å². The molecule has 2 heterocycles. The molecular formula is C44H31N3. The summed E-state index contributed by atoms with van der Waals surface area (Å²) in [6, 6.07) is 51.7. The Morgan fingerprint density at radius 3 is 1.91 bits per heavy atom. The van der Waals surface area contributed by atoms with E-state index in [4.69, 9.17) is 9.97 Å². The van der Waals surface area contributed by atoms with Gasteiger partial charge in [-0.2, -0.15) is 0 Å².